The van der Waals surface area contributed by atoms with Gasteiger partial charge in [-0.25, -0.2) is 9.78 Å². The van der Waals surface area contributed by atoms with Crippen molar-refractivity contribution in [2.24, 2.45) is 0 Å². The van der Waals surface area contributed by atoms with E-state index in [0.29, 0.717) is 18.7 Å². The molecule has 140 valence electrons. The van der Waals surface area contributed by atoms with Crippen LogP contribution in [0.3, 0.4) is 0 Å². The highest BCUT2D eigenvalue weighted by Gasteiger charge is 2.21. The average Bonchev–Trinajstić information content (AvgIpc) is 2.66. The fraction of sp³-hybridized carbons (Fsp3) is 0.273. The molecule has 0 fully saturated rings. The van der Waals surface area contributed by atoms with Crippen molar-refractivity contribution in [1.82, 2.24) is 4.98 Å². The lowest BCUT2D eigenvalue weighted by Crippen LogP contribution is -2.83. The van der Waals surface area contributed by atoms with Crippen molar-refractivity contribution in [3.05, 3.63) is 75.9 Å². The van der Waals surface area contributed by atoms with Gasteiger partial charge in [-0.15, -0.1) is 0 Å². The molecule has 3 rings (SSSR count). The van der Waals surface area contributed by atoms with E-state index in [0.717, 1.165) is 32.7 Å². The number of aromatic nitrogens is 1. The molecule has 0 aliphatic heterocycles. The van der Waals surface area contributed by atoms with Crippen LogP contribution in [0.15, 0.2) is 48.5 Å². The molecule has 0 bridgehead atoms. The zero-order valence-corrected chi connectivity index (χ0v) is 16.6. The van der Waals surface area contributed by atoms with Gasteiger partial charge in [0.25, 0.3) is 0 Å². The molecule has 3 aromatic rings. The quantitative estimate of drug-likeness (QED) is 0.649. The van der Waals surface area contributed by atoms with Crippen LogP contribution in [0.5, 0.6) is 0 Å². The molecule has 2 aromatic carbocycles. The molecule has 0 spiro atoms. The summed E-state index contributed by atoms with van der Waals surface area (Å²) in [5.74, 6) is -0.313. The van der Waals surface area contributed by atoms with Gasteiger partial charge in [-0.3, -0.25) is 0 Å². The van der Waals surface area contributed by atoms with Crippen LogP contribution in [0.25, 0.3) is 10.9 Å². The SMILES string of the molecule is CCOC(=O)c1c(C[NH2+][C@@H](C)c2cccc(Cl)c2)nc2ccccc2c1C. The van der Waals surface area contributed by atoms with Crippen molar-refractivity contribution in [3.63, 3.8) is 0 Å². The van der Waals surface area contributed by atoms with Gasteiger partial charge < -0.3 is 10.1 Å². The number of nitrogens with two attached hydrogens (primary N) is 1. The Labute approximate surface area is 164 Å². The zero-order valence-electron chi connectivity index (χ0n) is 15.8. The molecule has 0 unspecified atom stereocenters. The molecule has 0 saturated carbocycles. The minimum absolute atomic E-state index is 0.187. The van der Waals surface area contributed by atoms with Crippen molar-refractivity contribution in [1.29, 1.82) is 0 Å². The summed E-state index contributed by atoms with van der Waals surface area (Å²) in [6.07, 6.45) is 0. The van der Waals surface area contributed by atoms with Gasteiger partial charge >= 0.3 is 5.97 Å². The van der Waals surface area contributed by atoms with E-state index in [9.17, 15) is 4.79 Å². The van der Waals surface area contributed by atoms with E-state index < -0.39 is 0 Å². The van der Waals surface area contributed by atoms with E-state index in [4.69, 9.17) is 21.3 Å². The lowest BCUT2D eigenvalue weighted by Gasteiger charge is -2.15. The van der Waals surface area contributed by atoms with Crippen molar-refractivity contribution in [2.45, 2.75) is 33.4 Å². The molecule has 2 N–H and O–H groups in total. The molecule has 1 atom stereocenters. The highest BCUT2D eigenvalue weighted by Crippen LogP contribution is 2.23. The van der Waals surface area contributed by atoms with Gasteiger partial charge in [-0.2, -0.15) is 0 Å². The van der Waals surface area contributed by atoms with Crippen molar-refractivity contribution in [3.8, 4) is 0 Å². The predicted octanol–water partition coefficient (Wildman–Crippen LogP) is 4.20. The second-order valence-electron chi connectivity index (χ2n) is 6.58. The lowest BCUT2D eigenvalue weighted by molar-refractivity contribution is -0.708. The summed E-state index contributed by atoms with van der Waals surface area (Å²) in [7, 11) is 0. The molecule has 0 amide bonds. The number of aryl methyl sites for hydroxylation is 1. The number of esters is 1. The molecule has 1 aromatic heterocycles. The van der Waals surface area contributed by atoms with E-state index in [1.807, 2.05) is 56.3 Å². The Hall–Kier alpha value is -2.43. The summed E-state index contributed by atoms with van der Waals surface area (Å²) >= 11 is 6.11. The summed E-state index contributed by atoms with van der Waals surface area (Å²) in [5.41, 5.74) is 4.26. The van der Waals surface area contributed by atoms with E-state index in [1.165, 1.54) is 0 Å². The molecular formula is C22H24ClN2O2+. The largest absolute Gasteiger partial charge is 0.462 e. The maximum Gasteiger partial charge on any atom is 0.340 e. The first kappa shape index (κ1) is 19.3. The van der Waals surface area contributed by atoms with Crippen LogP contribution in [0, 0.1) is 6.92 Å². The van der Waals surface area contributed by atoms with Crippen LogP contribution in [0.2, 0.25) is 5.02 Å². The molecule has 1 heterocycles. The van der Waals surface area contributed by atoms with Crippen LogP contribution in [0.1, 0.15) is 47.1 Å². The fourth-order valence-corrected chi connectivity index (χ4v) is 3.48. The maximum absolute atomic E-state index is 12.6. The van der Waals surface area contributed by atoms with Crippen molar-refractivity contribution < 1.29 is 14.8 Å². The third-order valence-electron chi connectivity index (χ3n) is 4.75. The third kappa shape index (κ3) is 4.29. The highest BCUT2D eigenvalue weighted by atomic mass is 35.5. The van der Waals surface area contributed by atoms with Gasteiger partial charge in [0.05, 0.1) is 17.7 Å². The minimum atomic E-state index is -0.313. The number of para-hydroxylation sites is 1. The number of carbonyl (C=O) groups is 1. The Kier molecular flexibility index (Phi) is 6.09. The minimum Gasteiger partial charge on any atom is -0.462 e. The normalized spacial score (nSPS) is 12.1. The molecular weight excluding hydrogens is 360 g/mol. The van der Waals surface area contributed by atoms with Gasteiger partial charge in [0.2, 0.25) is 0 Å². The van der Waals surface area contributed by atoms with Crippen LogP contribution in [-0.2, 0) is 11.3 Å². The number of pyridine rings is 1. The van der Waals surface area contributed by atoms with Crippen LogP contribution in [-0.4, -0.2) is 17.6 Å². The van der Waals surface area contributed by atoms with Crippen LogP contribution in [0.4, 0.5) is 0 Å². The van der Waals surface area contributed by atoms with E-state index >= 15 is 0 Å². The average molecular weight is 384 g/mol. The first-order valence-corrected chi connectivity index (χ1v) is 9.53. The van der Waals surface area contributed by atoms with Gasteiger partial charge in [0, 0.05) is 16.0 Å². The summed E-state index contributed by atoms with van der Waals surface area (Å²) in [4.78, 5) is 17.4. The molecule has 27 heavy (non-hydrogen) atoms. The first-order valence-electron chi connectivity index (χ1n) is 9.15. The maximum atomic E-state index is 12.6. The van der Waals surface area contributed by atoms with E-state index in [2.05, 4.69) is 18.3 Å². The van der Waals surface area contributed by atoms with Gasteiger partial charge in [-0.05, 0) is 44.5 Å². The Balaban J connectivity index is 1.94. The Morgan fingerprint density at radius 3 is 2.74 bits per heavy atom. The predicted molar refractivity (Wildman–Crippen MR) is 108 cm³/mol. The van der Waals surface area contributed by atoms with E-state index in [1.54, 1.807) is 0 Å². The first-order chi connectivity index (χ1) is 13.0. The van der Waals surface area contributed by atoms with Crippen molar-refractivity contribution in [2.75, 3.05) is 6.61 Å². The number of nitrogens with zero attached hydrogens (tertiary/aromatic N) is 1. The summed E-state index contributed by atoms with van der Waals surface area (Å²) in [6, 6.07) is 15.9. The summed E-state index contributed by atoms with van der Waals surface area (Å²) < 4.78 is 5.30. The number of hydrogen-bond acceptors (Lipinski definition) is 3. The highest BCUT2D eigenvalue weighted by molar-refractivity contribution is 6.30. The van der Waals surface area contributed by atoms with Crippen LogP contribution < -0.4 is 5.32 Å². The Morgan fingerprint density at radius 2 is 2.00 bits per heavy atom. The number of ether oxygens (including phenoxy) is 1. The number of carbonyl (C=O) groups excluding carboxylic acids is 1. The van der Waals surface area contributed by atoms with Gasteiger partial charge in [-0.1, -0.05) is 41.9 Å². The molecule has 4 nitrogen and oxygen atoms in total. The molecule has 0 aliphatic carbocycles. The molecule has 0 saturated heterocycles. The van der Waals surface area contributed by atoms with Gasteiger partial charge in [0.1, 0.15) is 18.3 Å². The fourth-order valence-electron chi connectivity index (χ4n) is 3.28. The Bertz CT molecular complexity index is 972. The Morgan fingerprint density at radius 1 is 1.22 bits per heavy atom. The number of quaternary nitrogens is 1. The monoisotopic (exact) mass is 383 g/mol. The summed E-state index contributed by atoms with van der Waals surface area (Å²) in [5, 5.41) is 3.86. The second-order valence-corrected chi connectivity index (χ2v) is 7.02. The summed E-state index contributed by atoms with van der Waals surface area (Å²) in [6.45, 7) is 6.80. The third-order valence-corrected chi connectivity index (χ3v) is 4.98. The molecule has 0 aliphatic rings. The van der Waals surface area contributed by atoms with Crippen molar-refractivity contribution >= 4 is 28.5 Å². The van der Waals surface area contributed by atoms with Crippen LogP contribution >= 0.6 is 11.6 Å². The number of fused-ring (bicyclic) bond motifs is 1. The standard InChI is InChI=1S/C22H23ClN2O2/c1-4-27-22(26)21-14(2)18-10-5-6-11-19(18)25-20(21)13-24-15(3)16-8-7-9-17(23)12-16/h5-12,15,24H,4,13H2,1-3H3/p+1/t15-/m0/s1. The zero-order chi connectivity index (χ0) is 19.4. The van der Waals surface area contributed by atoms with E-state index in [-0.39, 0.29) is 12.0 Å². The number of hydrogen-bond donors (Lipinski definition) is 1. The number of benzene rings is 2. The topological polar surface area (TPSA) is 55.8 Å². The second kappa shape index (κ2) is 8.51. The molecule has 5 heteroatoms. The smallest absolute Gasteiger partial charge is 0.340 e. The molecule has 0 radical (unpaired) electrons. The van der Waals surface area contributed by atoms with Gasteiger partial charge in [0.15, 0.2) is 0 Å². The number of halogens is 1. The number of rotatable bonds is 6. The lowest BCUT2D eigenvalue weighted by atomic mass is 10.0.